The smallest absolute Gasteiger partial charge is 0.392 e. The lowest BCUT2D eigenvalue weighted by Gasteiger charge is -2.18. The number of alkyl halides is 3. The van der Waals surface area contributed by atoms with Gasteiger partial charge in [0.1, 0.15) is 5.69 Å². The predicted molar refractivity (Wildman–Crippen MR) is 147 cm³/mol. The van der Waals surface area contributed by atoms with E-state index in [4.69, 9.17) is 0 Å². The first kappa shape index (κ1) is 29.0. The highest BCUT2D eigenvalue weighted by Gasteiger charge is 2.36. The Morgan fingerprint density at radius 2 is 2.05 bits per heavy atom. The van der Waals surface area contributed by atoms with Gasteiger partial charge in [0.2, 0.25) is 5.91 Å². The number of hydrogen-bond donors (Lipinski definition) is 6. The van der Waals surface area contributed by atoms with Gasteiger partial charge in [0.25, 0.3) is 5.91 Å². The average Bonchev–Trinajstić information content (AvgIpc) is 3.71. The highest BCUT2D eigenvalue weighted by molar-refractivity contribution is 5.96. The summed E-state index contributed by atoms with van der Waals surface area (Å²) in [4.78, 5) is 33.9. The van der Waals surface area contributed by atoms with Crippen LogP contribution in [0.5, 0.6) is 0 Å². The Balaban J connectivity index is 1.28. The molecule has 42 heavy (non-hydrogen) atoms. The topological polar surface area (TPSA) is 161 Å². The number of aromatic amines is 1. The van der Waals surface area contributed by atoms with Gasteiger partial charge in [0.05, 0.1) is 35.8 Å². The van der Waals surface area contributed by atoms with E-state index in [2.05, 4.69) is 36.3 Å². The second-order valence-electron chi connectivity index (χ2n) is 10.1. The lowest BCUT2D eigenvalue weighted by atomic mass is 10.0. The molecule has 0 bridgehead atoms. The van der Waals surface area contributed by atoms with E-state index >= 15 is 0 Å². The van der Waals surface area contributed by atoms with E-state index in [0.717, 1.165) is 11.8 Å². The van der Waals surface area contributed by atoms with Gasteiger partial charge in [-0.3, -0.25) is 19.1 Å². The van der Waals surface area contributed by atoms with Crippen LogP contribution in [0.2, 0.25) is 0 Å². The van der Waals surface area contributed by atoms with Gasteiger partial charge in [-0.05, 0) is 43.5 Å². The van der Waals surface area contributed by atoms with Gasteiger partial charge < -0.3 is 26.4 Å². The summed E-state index contributed by atoms with van der Waals surface area (Å²) in [6.07, 6.45) is 1.12. The molecule has 2 amide bonds. The predicted octanol–water partition coefficient (Wildman–Crippen LogP) is 2.40. The molecule has 3 atom stereocenters. The number of hydrogen-bond acceptors (Lipinski definition) is 8. The highest BCUT2D eigenvalue weighted by atomic mass is 19.4. The number of anilines is 2. The SMILES string of the molecule is CCc1cc(Nc2nccn3c(-c4cn[nH]c4C(F)(F)F)cnc23)ccc1C(=O)N[C@H](C)CNC(=O)[C@@H]1C[C@@H](O)CN1. The lowest BCUT2D eigenvalue weighted by Crippen LogP contribution is -2.46. The van der Waals surface area contributed by atoms with Crippen LogP contribution in [0.15, 0.2) is 43.0 Å². The van der Waals surface area contributed by atoms with E-state index in [1.165, 1.54) is 23.0 Å². The molecule has 3 aromatic heterocycles. The molecule has 6 N–H and O–H groups in total. The van der Waals surface area contributed by atoms with E-state index in [0.29, 0.717) is 42.1 Å². The van der Waals surface area contributed by atoms with Crippen molar-refractivity contribution in [2.75, 3.05) is 18.4 Å². The van der Waals surface area contributed by atoms with Crippen molar-refractivity contribution in [2.45, 2.75) is 51.1 Å². The van der Waals surface area contributed by atoms with E-state index in [-0.39, 0.29) is 35.7 Å². The molecule has 5 rings (SSSR count). The first-order valence-corrected chi connectivity index (χ1v) is 13.4. The number of halogens is 3. The summed E-state index contributed by atoms with van der Waals surface area (Å²) >= 11 is 0. The van der Waals surface area contributed by atoms with Gasteiger partial charge >= 0.3 is 6.18 Å². The van der Waals surface area contributed by atoms with E-state index in [9.17, 15) is 27.9 Å². The molecule has 222 valence electrons. The Morgan fingerprint density at radius 3 is 2.76 bits per heavy atom. The largest absolute Gasteiger partial charge is 0.433 e. The fourth-order valence-electron chi connectivity index (χ4n) is 4.87. The number of aliphatic hydroxyl groups is 1. The van der Waals surface area contributed by atoms with Gasteiger partial charge in [0, 0.05) is 42.8 Å². The summed E-state index contributed by atoms with van der Waals surface area (Å²) < 4.78 is 41.8. The number of imidazole rings is 1. The van der Waals surface area contributed by atoms with E-state index < -0.39 is 24.0 Å². The lowest BCUT2D eigenvalue weighted by molar-refractivity contribution is -0.140. The summed E-state index contributed by atoms with van der Waals surface area (Å²) in [5.74, 6) is -0.210. The number of β-amino-alcohol motifs (C(OH)–C–C–N with tert-alkyl or cyclic N) is 1. The van der Waals surface area contributed by atoms with Crippen molar-refractivity contribution in [3.05, 3.63) is 59.8 Å². The maximum atomic E-state index is 13.4. The Morgan fingerprint density at radius 1 is 1.24 bits per heavy atom. The zero-order valence-corrected chi connectivity index (χ0v) is 22.8. The first-order valence-electron chi connectivity index (χ1n) is 13.4. The number of benzene rings is 1. The molecule has 0 spiro atoms. The standard InChI is InChI=1S/C27H30F3N9O3/c1-3-15-8-16(4-5-18(15)25(41)36-14(2)10-34-26(42)20-9-17(40)11-32-20)37-23-24-33-13-21(39(24)7-6-31-23)19-12-35-38-22(19)27(28,29)30/h4-8,12-14,17,20,32,40H,3,9-11H2,1-2H3,(H,31,37)(H,34,42)(H,35,38)(H,36,41)/t14-,17-,20+/m1/s1. The van der Waals surface area contributed by atoms with Crippen LogP contribution < -0.4 is 21.3 Å². The van der Waals surface area contributed by atoms with Crippen molar-refractivity contribution < 1.29 is 27.9 Å². The highest BCUT2D eigenvalue weighted by Crippen LogP contribution is 2.36. The number of nitrogens with one attached hydrogen (secondary N) is 5. The van der Waals surface area contributed by atoms with Gasteiger partial charge in [0.15, 0.2) is 11.5 Å². The molecular weight excluding hydrogens is 555 g/mol. The summed E-state index contributed by atoms with van der Waals surface area (Å²) in [5, 5.41) is 26.9. The minimum absolute atomic E-state index is 0.140. The monoisotopic (exact) mass is 585 g/mol. The number of carbonyl (C=O) groups is 2. The number of fused-ring (bicyclic) bond motifs is 1. The Hall–Kier alpha value is -4.50. The molecule has 1 saturated heterocycles. The number of carbonyl (C=O) groups excluding carboxylic acids is 2. The molecule has 1 aromatic carbocycles. The Kier molecular flexibility index (Phi) is 8.13. The van der Waals surface area contributed by atoms with Crippen LogP contribution in [0.25, 0.3) is 16.9 Å². The average molecular weight is 586 g/mol. The van der Waals surface area contributed by atoms with Crippen LogP contribution >= 0.6 is 0 Å². The second kappa shape index (κ2) is 11.8. The number of rotatable bonds is 9. The third-order valence-electron chi connectivity index (χ3n) is 7.00. The van der Waals surface area contributed by atoms with Crippen molar-refractivity contribution in [3.63, 3.8) is 0 Å². The van der Waals surface area contributed by atoms with Crippen LogP contribution in [0.3, 0.4) is 0 Å². The third-order valence-corrected chi connectivity index (χ3v) is 7.00. The van der Waals surface area contributed by atoms with E-state index in [1.54, 1.807) is 25.1 Å². The minimum atomic E-state index is -4.61. The molecule has 0 radical (unpaired) electrons. The second-order valence-corrected chi connectivity index (χ2v) is 10.1. The van der Waals surface area contributed by atoms with Crippen molar-refractivity contribution in [3.8, 4) is 11.3 Å². The fraction of sp³-hybridized carbons (Fsp3) is 0.370. The molecule has 0 unspecified atom stereocenters. The van der Waals surface area contributed by atoms with Crippen LogP contribution in [-0.2, 0) is 17.4 Å². The van der Waals surface area contributed by atoms with Crippen LogP contribution in [-0.4, -0.2) is 72.8 Å². The molecule has 0 saturated carbocycles. The molecule has 1 fully saturated rings. The van der Waals surface area contributed by atoms with Crippen molar-refractivity contribution in [1.82, 2.24) is 40.5 Å². The molecule has 15 heteroatoms. The number of nitrogens with zero attached hydrogens (tertiary/aromatic N) is 4. The summed E-state index contributed by atoms with van der Waals surface area (Å²) in [6, 6.07) is 4.37. The van der Waals surface area contributed by atoms with Gasteiger partial charge in [-0.1, -0.05) is 6.92 Å². The Bertz CT molecular complexity index is 1600. The van der Waals surface area contributed by atoms with Crippen LogP contribution in [0.1, 0.15) is 41.9 Å². The molecule has 0 aliphatic carbocycles. The quantitative estimate of drug-likeness (QED) is 0.175. The number of aromatic nitrogens is 5. The molecule has 4 heterocycles. The molecule has 1 aliphatic rings. The molecular formula is C27H30F3N9O3. The number of H-pyrrole nitrogens is 1. The zero-order valence-electron chi connectivity index (χ0n) is 22.8. The van der Waals surface area contributed by atoms with Gasteiger partial charge in [-0.2, -0.15) is 18.3 Å². The summed E-state index contributed by atoms with van der Waals surface area (Å²) in [5.41, 5.74) is 1.22. The summed E-state index contributed by atoms with van der Waals surface area (Å²) in [7, 11) is 0. The van der Waals surface area contributed by atoms with Crippen molar-refractivity contribution >= 4 is 29.0 Å². The minimum Gasteiger partial charge on any atom is -0.392 e. The maximum absolute atomic E-state index is 13.4. The number of aliphatic hydroxyl groups excluding tert-OH is 1. The number of amides is 2. The maximum Gasteiger partial charge on any atom is 0.433 e. The Labute approximate surface area is 238 Å². The normalized spacial score (nSPS) is 17.8. The fourth-order valence-corrected chi connectivity index (χ4v) is 4.87. The third kappa shape index (κ3) is 6.06. The van der Waals surface area contributed by atoms with Gasteiger partial charge in [-0.15, -0.1) is 0 Å². The number of aryl methyl sites for hydroxylation is 1. The summed E-state index contributed by atoms with van der Waals surface area (Å²) in [6.45, 7) is 4.29. The molecule has 4 aromatic rings. The van der Waals surface area contributed by atoms with E-state index in [1.807, 2.05) is 12.0 Å². The van der Waals surface area contributed by atoms with Crippen molar-refractivity contribution in [2.24, 2.45) is 0 Å². The molecule has 1 aliphatic heterocycles. The zero-order chi connectivity index (χ0) is 30.0. The van der Waals surface area contributed by atoms with Crippen LogP contribution in [0.4, 0.5) is 24.7 Å². The van der Waals surface area contributed by atoms with Crippen molar-refractivity contribution in [1.29, 1.82) is 0 Å². The molecule has 12 nitrogen and oxygen atoms in total. The first-order chi connectivity index (χ1) is 20.0. The van der Waals surface area contributed by atoms with Crippen LogP contribution in [0, 0.1) is 0 Å². The van der Waals surface area contributed by atoms with Gasteiger partial charge in [-0.25, -0.2) is 9.97 Å².